The molecule has 1 aromatic heterocycles. The van der Waals surface area contributed by atoms with Gasteiger partial charge in [0.15, 0.2) is 5.76 Å². The lowest BCUT2D eigenvalue weighted by atomic mass is 9.95. The normalized spacial score (nSPS) is 19.1. The zero-order valence-corrected chi connectivity index (χ0v) is 12.7. The lowest BCUT2D eigenvalue weighted by Crippen LogP contribution is -2.38. The van der Waals surface area contributed by atoms with Crippen LogP contribution in [0.15, 0.2) is 51.6 Å². The summed E-state index contributed by atoms with van der Waals surface area (Å²) in [6.45, 7) is 0.792. The summed E-state index contributed by atoms with van der Waals surface area (Å²) in [6, 6.07) is 11.9. The summed E-state index contributed by atoms with van der Waals surface area (Å²) in [7, 11) is 0. The van der Waals surface area contributed by atoms with Crippen LogP contribution in [-0.4, -0.2) is 17.4 Å². The highest BCUT2D eigenvalue weighted by Gasteiger charge is 2.29. The van der Waals surface area contributed by atoms with Crippen molar-refractivity contribution in [1.82, 2.24) is 4.90 Å². The minimum atomic E-state index is -0.0115. The fourth-order valence-electron chi connectivity index (χ4n) is 2.75. The van der Waals surface area contributed by atoms with Gasteiger partial charge in [-0.1, -0.05) is 28.1 Å². The molecule has 0 radical (unpaired) electrons. The van der Waals surface area contributed by atoms with Crippen molar-refractivity contribution in [3.8, 4) is 0 Å². The van der Waals surface area contributed by atoms with Gasteiger partial charge in [-0.2, -0.15) is 0 Å². The van der Waals surface area contributed by atoms with Crippen molar-refractivity contribution >= 4 is 21.8 Å². The van der Waals surface area contributed by atoms with E-state index in [1.807, 2.05) is 17.0 Å². The van der Waals surface area contributed by atoms with Gasteiger partial charge in [0.05, 0.1) is 12.3 Å². The number of carbonyl (C=O) groups is 1. The Morgan fingerprint density at radius 2 is 2.00 bits per heavy atom. The number of carbonyl (C=O) groups excluding carboxylic acids is 1. The van der Waals surface area contributed by atoms with Gasteiger partial charge in [-0.3, -0.25) is 4.79 Å². The highest BCUT2D eigenvalue weighted by molar-refractivity contribution is 9.10. The summed E-state index contributed by atoms with van der Waals surface area (Å²) in [5, 5.41) is 0. The van der Waals surface area contributed by atoms with Crippen molar-refractivity contribution in [3.05, 3.63) is 58.5 Å². The van der Waals surface area contributed by atoms with E-state index >= 15 is 0 Å². The molecule has 20 heavy (non-hydrogen) atoms. The number of piperidine rings is 1. The van der Waals surface area contributed by atoms with Crippen LogP contribution in [0.1, 0.15) is 41.4 Å². The molecule has 1 aromatic carbocycles. The van der Waals surface area contributed by atoms with Crippen molar-refractivity contribution in [2.45, 2.75) is 25.3 Å². The Morgan fingerprint density at radius 3 is 2.70 bits per heavy atom. The molecule has 0 N–H and O–H groups in total. The van der Waals surface area contributed by atoms with Crippen molar-refractivity contribution in [1.29, 1.82) is 0 Å². The minimum Gasteiger partial charge on any atom is -0.459 e. The number of likely N-dealkylation sites (tertiary alicyclic amines) is 1. The zero-order chi connectivity index (χ0) is 13.9. The van der Waals surface area contributed by atoms with Gasteiger partial charge < -0.3 is 9.32 Å². The van der Waals surface area contributed by atoms with Gasteiger partial charge in [0.2, 0.25) is 0 Å². The number of hydrogen-bond acceptors (Lipinski definition) is 2. The maximum Gasteiger partial charge on any atom is 0.290 e. The van der Waals surface area contributed by atoms with E-state index in [0.29, 0.717) is 5.76 Å². The maximum atomic E-state index is 12.5. The smallest absolute Gasteiger partial charge is 0.290 e. The van der Waals surface area contributed by atoms with Gasteiger partial charge in [-0.25, -0.2) is 0 Å². The summed E-state index contributed by atoms with van der Waals surface area (Å²) in [6.07, 6.45) is 4.77. The van der Waals surface area contributed by atoms with Gasteiger partial charge in [0.1, 0.15) is 0 Å². The van der Waals surface area contributed by atoms with Gasteiger partial charge in [0.25, 0.3) is 5.91 Å². The highest BCUT2D eigenvalue weighted by atomic mass is 79.9. The Balaban J connectivity index is 1.87. The van der Waals surface area contributed by atoms with E-state index < -0.39 is 0 Å². The number of hydrogen-bond donors (Lipinski definition) is 0. The summed E-state index contributed by atoms with van der Waals surface area (Å²) in [4.78, 5) is 14.5. The topological polar surface area (TPSA) is 33.5 Å². The lowest BCUT2D eigenvalue weighted by Gasteiger charge is -2.35. The Morgan fingerprint density at radius 1 is 1.20 bits per heavy atom. The van der Waals surface area contributed by atoms with Crippen molar-refractivity contribution in [2.24, 2.45) is 0 Å². The molecule has 1 amide bonds. The third-order valence-corrected chi connectivity index (χ3v) is 4.28. The largest absolute Gasteiger partial charge is 0.459 e. The van der Waals surface area contributed by atoms with Gasteiger partial charge >= 0.3 is 0 Å². The van der Waals surface area contributed by atoms with Crippen LogP contribution in [0, 0.1) is 0 Å². The summed E-state index contributed by atoms with van der Waals surface area (Å²) in [5.41, 5.74) is 1.19. The first kappa shape index (κ1) is 13.4. The third kappa shape index (κ3) is 2.66. The van der Waals surface area contributed by atoms with Crippen LogP contribution in [0.4, 0.5) is 0 Å². The van der Waals surface area contributed by atoms with Crippen LogP contribution in [0.3, 0.4) is 0 Å². The molecule has 3 rings (SSSR count). The highest BCUT2D eigenvalue weighted by Crippen LogP contribution is 2.32. The maximum absolute atomic E-state index is 12.5. The number of benzene rings is 1. The first-order valence-electron chi connectivity index (χ1n) is 6.85. The Labute approximate surface area is 126 Å². The van der Waals surface area contributed by atoms with Crippen LogP contribution in [0.2, 0.25) is 0 Å². The molecule has 0 bridgehead atoms. The molecule has 1 saturated heterocycles. The van der Waals surface area contributed by atoms with E-state index in [9.17, 15) is 4.79 Å². The second kappa shape index (κ2) is 5.83. The Hall–Kier alpha value is -1.55. The van der Waals surface area contributed by atoms with Gasteiger partial charge in [-0.05, 0) is 49.1 Å². The van der Waals surface area contributed by atoms with E-state index in [-0.39, 0.29) is 11.9 Å². The van der Waals surface area contributed by atoms with Crippen LogP contribution < -0.4 is 0 Å². The molecule has 104 valence electrons. The standard InChI is InChI=1S/C16H16BrNO2/c17-13-8-6-12(7-9-13)14-4-1-2-10-18(14)16(19)15-5-3-11-20-15/h3,5-9,11,14H,1-2,4,10H2. The number of halogens is 1. The van der Waals surface area contributed by atoms with Crippen molar-refractivity contribution in [2.75, 3.05) is 6.54 Å². The molecule has 1 atom stereocenters. The molecule has 0 saturated carbocycles. The van der Waals surface area contributed by atoms with Crippen LogP contribution in [-0.2, 0) is 0 Å². The molecule has 0 spiro atoms. The summed E-state index contributed by atoms with van der Waals surface area (Å²) >= 11 is 3.45. The molecule has 1 unspecified atom stereocenters. The monoisotopic (exact) mass is 333 g/mol. The SMILES string of the molecule is O=C(c1ccco1)N1CCCCC1c1ccc(Br)cc1. The van der Waals surface area contributed by atoms with E-state index in [2.05, 4.69) is 28.1 Å². The molecular weight excluding hydrogens is 318 g/mol. The molecule has 4 heteroatoms. The first-order chi connectivity index (χ1) is 9.75. The molecule has 3 nitrogen and oxygen atoms in total. The number of nitrogens with zero attached hydrogens (tertiary/aromatic N) is 1. The molecule has 2 aromatic rings. The second-order valence-corrected chi connectivity index (χ2v) is 5.95. The Bertz CT molecular complexity index is 577. The number of furan rings is 1. The molecule has 1 fully saturated rings. The van der Waals surface area contributed by atoms with Crippen LogP contribution >= 0.6 is 15.9 Å². The molecule has 0 aliphatic carbocycles. The average molecular weight is 334 g/mol. The zero-order valence-electron chi connectivity index (χ0n) is 11.1. The Kier molecular flexibility index (Phi) is 3.92. The summed E-state index contributed by atoms with van der Waals surface area (Å²) < 4.78 is 6.31. The number of amides is 1. The van der Waals surface area contributed by atoms with Gasteiger partial charge in [0, 0.05) is 11.0 Å². The fourth-order valence-corrected chi connectivity index (χ4v) is 3.01. The van der Waals surface area contributed by atoms with Crippen LogP contribution in [0.5, 0.6) is 0 Å². The summed E-state index contributed by atoms with van der Waals surface area (Å²) in [5.74, 6) is 0.414. The molecule has 2 heterocycles. The van der Waals surface area contributed by atoms with E-state index in [1.165, 1.54) is 5.56 Å². The van der Waals surface area contributed by atoms with Crippen LogP contribution in [0.25, 0.3) is 0 Å². The average Bonchev–Trinajstić information content (AvgIpc) is 3.02. The predicted molar refractivity (Wildman–Crippen MR) is 80.5 cm³/mol. The van der Waals surface area contributed by atoms with Crippen molar-refractivity contribution in [3.63, 3.8) is 0 Å². The van der Waals surface area contributed by atoms with E-state index in [4.69, 9.17) is 4.42 Å². The first-order valence-corrected chi connectivity index (χ1v) is 7.65. The quantitative estimate of drug-likeness (QED) is 0.815. The molecule has 1 aliphatic heterocycles. The second-order valence-electron chi connectivity index (χ2n) is 5.04. The van der Waals surface area contributed by atoms with E-state index in [1.54, 1.807) is 18.4 Å². The minimum absolute atomic E-state index is 0.0115. The molecular formula is C16H16BrNO2. The number of rotatable bonds is 2. The third-order valence-electron chi connectivity index (χ3n) is 3.75. The van der Waals surface area contributed by atoms with E-state index in [0.717, 1.165) is 30.3 Å². The van der Waals surface area contributed by atoms with Gasteiger partial charge in [-0.15, -0.1) is 0 Å². The molecule has 1 aliphatic rings. The predicted octanol–water partition coefficient (Wildman–Crippen LogP) is 4.41. The lowest BCUT2D eigenvalue weighted by molar-refractivity contribution is 0.0579. The van der Waals surface area contributed by atoms with Crippen molar-refractivity contribution < 1.29 is 9.21 Å². The fraction of sp³-hybridized carbons (Fsp3) is 0.312.